The van der Waals surface area contributed by atoms with E-state index in [0.29, 0.717) is 11.8 Å². The molecule has 3 aliphatic rings. The Kier molecular flexibility index (Phi) is 9.46. The highest BCUT2D eigenvalue weighted by molar-refractivity contribution is 8.00. The number of carbonyl (C=O) groups excluding carboxylic acids is 2. The van der Waals surface area contributed by atoms with E-state index >= 15 is 0 Å². The third-order valence-electron chi connectivity index (χ3n) is 10.4. The van der Waals surface area contributed by atoms with E-state index in [1.165, 1.54) is 62.8 Å². The Balaban J connectivity index is 1.39. The number of nitrogens with zero attached hydrogens (tertiary/aromatic N) is 3. The summed E-state index contributed by atoms with van der Waals surface area (Å²) in [6, 6.07) is 12.8. The summed E-state index contributed by atoms with van der Waals surface area (Å²) in [6.45, 7) is 3.95. The fraction of sp³-hybridized carbons (Fsp3) is 0.500. The Bertz CT molecular complexity index is 1480. The Morgan fingerprint density at radius 1 is 0.783 bits per heavy atom. The van der Waals surface area contributed by atoms with Gasteiger partial charge in [0, 0.05) is 52.3 Å². The monoisotopic (exact) mass is 650 g/mol. The summed E-state index contributed by atoms with van der Waals surface area (Å²) < 4.78 is 39.0. The number of imide groups is 1. The van der Waals surface area contributed by atoms with Gasteiger partial charge in [0.2, 0.25) is 0 Å². The van der Waals surface area contributed by atoms with Crippen LogP contribution >= 0.6 is 11.8 Å². The highest BCUT2D eigenvalue weighted by atomic mass is 32.2. The van der Waals surface area contributed by atoms with Crippen molar-refractivity contribution in [1.29, 1.82) is 0 Å². The molecule has 244 valence electrons. The number of thioether (sulfide) groups is 1. The Morgan fingerprint density at radius 3 is 1.72 bits per heavy atom. The third kappa shape index (κ3) is 6.55. The van der Waals surface area contributed by atoms with Gasteiger partial charge in [-0.15, -0.1) is 0 Å². The minimum atomic E-state index is -4.44. The van der Waals surface area contributed by atoms with Crippen molar-refractivity contribution in [2.24, 2.45) is 0 Å². The van der Waals surface area contributed by atoms with Crippen LogP contribution in [0.3, 0.4) is 0 Å². The topological polar surface area (TPSA) is 75.2 Å². The second-order valence-corrected chi connectivity index (χ2v) is 14.3. The molecule has 2 aromatic heterocycles. The van der Waals surface area contributed by atoms with Gasteiger partial charge >= 0.3 is 11.5 Å². The summed E-state index contributed by atoms with van der Waals surface area (Å²) in [5.74, 6) is -0.584. The zero-order chi connectivity index (χ0) is 32.5. The fourth-order valence-electron chi connectivity index (χ4n) is 7.80. The smallest absolute Gasteiger partial charge is 0.322 e. The number of aromatic nitrogens is 2. The van der Waals surface area contributed by atoms with Gasteiger partial charge in [-0.3, -0.25) is 14.8 Å². The molecule has 2 saturated carbocycles. The molecule has 3 amide bonds. The molecule has 6 rings (SSSR count). The minimum absolute atomic E-state index is 0.0182. The number of benzene rings is 1. The number of amides is 3. The third-order valence-corrected chi connectivity index (χ3v) is 11.2. The number of alkyl halides is 3. The Labute approximate surface area is 273 Å². The van der Waals surface area contributed by atoms with E-state index in [4.69, 9.17) is 9.97 Å². The number of hydrogen-bond donors (Lipinski definition) is 1. The lowest BCUT2D eigenvalue weighted by Crippen LogP contribution is -2.55. The number of hydrogen-bond acceptors (Lipinski definition) is 5. The van der Waals surface area contributed by atoms with Crippen molar-refractivity contribution in [1.82, 2.24) is 15.3 Å². The summed E-state index contributed by atoms with van der Waals surface area (Å²) in [4.78, 5) is 39.1. The average molecular weight is 651 g/mol. The van der Waals surface area contributed by atoms with Crippen molar-refractivity contribution in [3.63, 3.8) is 0 Å². The molecule has 3 aromatic rings. The minimum Gasteiger partial charge on any atom is -0.322 e. The molecular formula is C36H41F3N4O2S. The van der Waals surface area contributed by atoms with Crippen LogP contribution in [0.5, 0.6) is 0 Å². The molecule has 0 spiro atoms. The molecule has 46 heavy (non-hydrogen) atoms. The highest BCUT2D eigenvalue weighted by Gasteiger charge is 2.58. The van der Waals surface area contributed by atoms with Gasteiger partial charge in [-0.25, -0.2) is 9.69 Å². The van der Waals surface area contributed by atoms with Crippen molar-refractivity contribution in [2.75, 3.05) is 4.90 Å². The van der Waals surface area contributed by atoms with Crippen molar-refractivity contribution in [3.8, 4) is 0 Å². The summed E-state index contributed by atoms with van der Waals surface area (Å²) in [7, 11) is 0. The van der Waals surface area contributed by atoms with E-state index in [2.05, 4.69) is 17.4 Å². The van der Waals surface area contributed by atoms with Crippen LogP contribution in [0.4, 0.5) is 23.7 Å². The fourth-order valence-corrected chi connectivity index (χ4v) is 8.34. The molecule has 1 N–H and O–H groups in total. The van der Waals surface area contributed by atoms with E-state index in [1.807, 2.05) is 26.0 Å². The summed E-state index contributed by atoms with van der Waals surface area (Å²) in [6.07, 6.45) is 15.1. The standard InChI is InChI=1S/C36H41F3N4O2S/c1-23(27-17-19-40-31(21-27)25-9-5-3-6-10-25)35(24(2)28-18-20-41-32(22-28)26-11-7-4-8-12-26)33(44)43(34(45)42-35)29-13-15-30(16-14-29)46-36(37,38)39/h13-26H,3-12H2,1-2H3,(H,42,45). The zero-order valence-electron chi connectivity index (χ0n) is 26.4. The van der Waals surface area contributed by atoms with E-state index < -0.39 is 34.8 Å². The highest BCUT2D eigenvalue weighted by Crippen LogP contribution is 2.46. The number of pyridine rings is 2. The largest absolute Gasteiger partial charge is 0.446 e. The molecule has 10 heteroatoms. The van der Waals surface area contributed by atoms with Crippen LogP contribution in [-0.4, -0.2) is 33.0 Å². The number of carbonyl (C=O) groups is 2. The molecule has 1 aromatic carbocycles. The van der Waals surface area contributed by atoms with Crippen molar-refractivity contribution in [2.45, 2.75) is 118 Å². The number of rotatable bonds is 8. The molecule has 2 aliphatic carbocycles. The van der Waals surface area contributed by atoms with Crippen LogP contribution in [0.2, 0.25) is 0 Å². The van der Waals surface area contributed by atoms with E-state index in [0.717, 1.165) is 53.1 Å². The van der Waals surface area contributed by atoms with E-state index in [1.54, 1.807) is 12.4 Å². The molecule has 0 bridgehead atoms. The molecule has 2 atom stereocenters. The quantitative estimate of drug-likeness (QED) is 0.194. The van der Waals surface area contributed by atoms with Gasteiger partial charge in [-0.05, 0) is 97.1 Å². The maximum atomic E-state index is 14.8. The van der Waals surface area contributed by atoms with Gasteiger partial charge in [0.25, 0.3) is 5.91 Å². The first-order chi connectivity index (χ1) is 22.1. The maximum Gasteiger partial charge on any atom is 0.446 e. The number of halogens is 3. The zero-order valence-corrected chi connectivity index (χ0v) is 27.2. The molecular weight excluding hydrogens is 609 g/mol. The van der Waals surface area contributed by atoms with Crippen molar-refractivity contribution >= 4 is 29.4 Å². The SMILES string of the molecule is CC(c1ccnc(C2CCCCC2)c1)C1(C(C)c2ccnc(C3CCCCC3)c2)NC(=O)N(c2ccc(SC(F)(F)F)cc2)C1=O. The lowest BCUT2D eigenvalue weighted by atomic mass is 9.69. The lowest BCUT2D eigenvalue weighted by Gasteiger charge is -2.39. The second kappa shape index (κ2) is 13.4. The average Bonchev–Trinajstić information content (AvgIpc) is 3.34. The van der Waals surface area contributed by atoms with Crippen LogP contribution < -0.4 is 10.2 Å². The number of anilines is 1. The summed E-state index contributed by atoms with van der Waals surface area (Å²) in [5, 5.41) is 3.12. The predicted octanol–water partition coefficient (Wildman–Crippen LogP) is 9.59. The molecule has 3 heterocycles. The van der Waals surface area contributed by atoms with Gasteiger partial charge < -0.3 is 5.32 Å². The van der Waals surface area contributed by atoms with Gasteiger partial charge in [0.1, 0.15) is 5.54 Å². The molecule has 1 aliphatic heterocycles. The molecule has 3 fully saturated rings. The summed E-state index contributed by atoms with van der Waals surface area (Å²) in [5.41, 5.74) is -1.72. The molecule has 6 nitrogen and oxygen atoms in total. The Morgan fingerprint density at radius 2 is 1.26 bits per heavy atom. The van der Waals surface area contributed by atoms with Crippen LogP contribution in [-0.2, 0) is 4.79 Å². The van der Waals surface area contributed by atoms with Crippen LogP contribution in [0.25, 0.3) is 0 Å². The maximum absolute atomic E-state index is 14.8. The normalized spacial score (nSPS) is 22.9. The van der Waals surface area contributed by atoms with Gasteiger partial charge in [-0.2, -0.15) is 13.2 Å². The first kappa shape index (κ1) is 32.5. The van der Waals surface area contributed by atoms with Gasteiger partial charge in [-0.1, -0.05) is 52.4 Å². The molecule has 1 saturated heterocycles. The first-order valence-corrected chi connectivity index (χ1v) is 17.3. The van der Waals surface area contributed by atoms with Crippen LogP contribution in [0.15, 0.2) is 65.8 Å². The molecule has 0 radical (unpaired) electrons. The van der Waals surface area contributed by atoms with Crippen molar-refractivity contribution in [3.05, 3.63) is 83.4 Å². The second-order valence-electron chi connectivity index (χ2n) is 13.1. The predicted molar refractivity (Wildman–Crippen MR) is 174 cm³/mol. The van der Waals surface area contributed by atoms with Crippen LogP contribution in [0.1, 0.15) is 124 Å². The van der Waals surface area contributed by atoms with E-state index in [9.17, 15) is 22.8 Å². The number of nitrogens with one attached hydrogen (secondary N) is 1. The number of urea groups is 1. The Hall–Kier alpha value is -3.40. The van der Waals surface area contributed by atoms with Crippen molar-refractivity contribution < 1.29 is 22.8 Å². The van der Waals surface area contributed by atoms with Gasteiger partial charge in [0.05, 0.1) is 5.69 Å². The summed E-state index contributed by atoms with van der Waals surface area (Å²) >= 11 is -0.232. The first-order valence-electron chi connectivity index (χ1n) is 16.5. The van der Waals surface area contributed by atoms with Gasteiger partial charge in [0.15, 0.2) is 0 Å². The molecule has 2 unspecified atom stereocenters. The van der Waals surface area contributed by atoms with Crippen LogP contribution in [0, 0.1) is 0 Å². The van der Waals surface area contributed by atoms with E-state index in [-0.39, 0.29) is 22.3 Å². The lowest BCUT2D eigenvalue weighted by molar-refractivity contribution is -0.123.